The van der Waals surface area contributed by atoms with Gasteiger partial charge >= 0.3 is 0 Å². The van der Waals surface area contributed by atoms with Crippen LogP contribution in [0, 0.1) is 0 Å². The first-order valence-electron chi connectivity index (χ1n) is 7.50. The Labute approximate surface area is 153 Å². The predicted molar refractivity (Wildman–Crippen MR) is 99.3 cm³/mol. The fraction of sp³-hybridized carbons (Fsp3) is 0.105. The van der Waals surface area contributed by atoms with Gasteiger partial charge in [0.15, 0.2) is 17.3 Å². The Morgan fingerprint density at radius 1 is 0.960 bits per heavy atom. The number of ether oxygens (including phenoxy) is 2. The third kappa shape index (κ3) is 3.85. The van der Waals surface area contributed by atoms with Gasteiger partial charge in [-0.3, -0.25) is 4.79 Å². The molecule has 1 heterocycles. The zero-order valence-electron chi connectivity index (χ0n) is 13.7. The molecule has 0 aliphatic carbocycles. The van der Waals surface area contributed by atoms with Crippen molar-refractivity contribution in [1.29, 1.82) is 0 Å². The summed E-state index contributed by atoms with van der Waals surface area (Å²) in [4.78, 5) is 12.4. The molecule has 1 aromatic heterocycles. The molecule has 6 heteroatoms. The molecule has 1 N–H and O–H groups in total. The molecule has 128 valence electrons. The van der Waals surface area contributed by atoms with E-state index in [0.29, 0.717) is 22.9 Å². The van der Waals surface area contributed by atoms with Crippen LogP contribution in [0.2, 0.25) is 0 Å². The summed E-state index contributed by atoms with van der Waals surface area (Å²) in [5.74, 6) is 1.65. The number of carbonyl (C=O) groups excluding carboxylic acids is 1. The van der Waals surface area contributed by atoms with Gasteiger partial charge in [0.25, 0.3) is 5.91 Å². The van der Waals surface area contributed by atoms with Crippen LogP contribution in [0.3, 0.4) is 0 Å². The van der Waals surface area contributed by atoms with Crippen molar-refractivity contribution in [3.63, 3.8) is 0 Å². The summed E-state index contributed by atoms with van der Waals surface area (Å²) in [5.41, 5.74) is 1.48. The van der Waals surface area contributed by atoms with Crippen molar-refractivity contribution < 1.29 is 18.7 Å². The molecular weight excluding hydrogens is 386 g/mol. The number of benzene rings is 2. The Hall–Kier alpha value is -2.73. The number of hydrogen-bond acceptors (Lipinski definition) is 4. The number of carbonyl (C=O) groups is 1. The van der Waals surface area contributed by atoms with E-state index >= 15 is 0 Å². The summed E-state index contributed by atoms with van der Waals surface area (Å²) in [6.07, 6.45) is 0. The van der Waals surface area contributed by atoms with Gasteiger partial charge in [-0.2, -0.15) is 0 Å². The molecule has 2 aromatic carbocycles. The van der Waals surface area contributed by atoms with Gasteiger partial charge in [0, 0.05) is 21.8 Å². The minimum atomic E-state index is -0.337. The van der Waals surface area contributed by atoms with E-state index in [-0.39, 0.29) is 11.7 Å². The number of halogens is 1. The van der Waals surface area contributed by atoms with Gasteiger partial charge in [0.05, 0.1) is 14.2 Å². The van der Waals surface area contributed by atoms with E-state index in [9.17, 15) is 4.79 Å². The molecule has 0 radical (unpaired) electrons. The van der Waals surface area contributed by atoms with Gasteiger partial charge in [-0.25, -0.2) is 0 Å². The van der Waals surface area contributed by atoms with E-state index in [1.807, 2.05) is 24.3 Å². The smallest absolute Gasteiger partial charge is 0.291 e. The minimum absolute atomic E-state index is 0.229. The number of rotatable bonds is 5. The number of furan rings is 1. The van der Waals surface area contributed by atoms with Crippen molar-refractivity contribution in [2.45, 2.75) is 0 Å². The maximum Gasteiger partial charge on any atom is 0.291 e. The maximum atomic E-state index is 12.4. The second kappa shape index (κ2) is 7.44. The third-order valence-electron chi connectivity index (χ3n) is 3.60. The van der Waals surface area contributed by atoms with E-state index in [1.165, 1.54) is 0 Å². The topological polar surface area (TPSA) is 60.7 Å². The minimum Gasteiger partial charge on any atom is -0.493 e. The zero-order chi connectivity index (χ0) is 17.8. The normalized spacial score (nSPS) is 10.4. The Bertz CT molecular complexity index is 887. The molecule has 0 aliphatic heterocycles. The van der Waals surface area contributed by atoms with Gasteiger partial charge in [0.2, 0.25) is 0 Å². The van der Waals surface area contributed by atoms with E-state index < -0.39 is 0 Å². The molecule has 0 bridgehead atoms. The number of nitrogens with one attached hydrogen (secondary N) is 1. The first-order chi connectivity index (χ1) is 12.1. The lowest BCUT2D eigenvalue weighted by Gasteiger charge is -2.10. The number of hydrogen-bond donors (Lipinski definition) is 1. The van der Waals surface area contributed by atoms with Gasteiger partial charge < -0.3 is 19.2 Å². The van der Waals surface area contributed by atoms with Crippen LogP contribution in [0.5, 0.6) is 11.5 Å². The fourth-order valence-electron chi connectivity index (χ4n) is 2.34. The summed E-state index contributed by atoms with van der Waals surface area (Å²) < 4.78 is 17.1. The van der Waals surface area contributed by atoms with Gasteiger partial charge in [-0.05, 0) is 36.4 Å². The zero-order valence-corrected chi connectivity index (χ0v) is 15.3. The molecule has 3 aromatic rings. The number of methoxy groups -OCH3 is 2. The van der Waals surface area contributed by atoms with Crippen molar-refractivity contribution in [2.75, 3.05) is 19.5 Å². The standard InChI is InChI=1S/C19H16BrNO4/c1-23-16-8-7-14(11-18(16)24-2)21-19(22)17-10-9-15(25-17)12-3-5-13(20)6-4-12/h3-11H,1-2H3,(H,21,22). The Kier molecular flexibility index (Phi) is 5.09. The molecule has 0 saturated carbocycles. The molecule has 25 heavy (non-hydrogen) atoms. The van der Waals surface area contributed by atoms with Crippen molar-refractivity contribution in [3.8, 4) is 22.8 Å². The highest BCUT2D eigenvalue weighted by Gasteiger charge is 2.14. The van der Waals surface area contributed by atoms with E-state index in [1.54, 1.807) is 44.6 Å². The summed E-state index contributed by atoms with van der Waals surface area (Å²) in [5, 5.41) is 2.78. The van der Waals surface area contributed by atoms with Crippen LogP contribution in [0.25, 0.3) is 11.3 Å². The van der Waals surface area contributed by atoms with Gasteiger partial charge in [0.1, 0.15) is 5.76 Å². The molecule has 5 nitrogen and oxygen atoms in total. The van der Waals surface area contributed by atoms with E-state index in [0.717, 1.165) is 10.0 Å². The van der Waals surface area contributed by atoms with Gasteiger partial charge in [-0.1, -0.05) is 28.1 Å². The van der Waals surface area contributed by atoms with E-state index in [2.05, 4.69) is 21.2 Å². The first-order valence-corrected chi connectivity index (χ1v) is 8.29. The first kappa shape index (κ1) is 17.1. The molecular formula is C19H16BrNO4. The van der Waals surface area contributed by atoms with Crippen molar-refractivity contribution in [2.24, 2.45) is 0 Å². The Morgan fingerprint density at radius 3 is 2.36 bits per heavy atom. The second-order valence-electron chi connectivity index (χ2n) is 5.19. The summed E-state index contributed by atoms with van der Waals surface area (Å²) in [7, 11) is 3.10. The molecule has 0 fully saturated rings. The summed E-state index contributed by atoms with van der Waals surface area (Å²) in [6.45, 7) is 0. The highest BCUT2D eigenvalue weighted by atomic mass is 79.9. The lowest BCUT2D eigenvalue weighted by atomic mass is 10.2. The van der Waals surface area contributed by atoms with Crippen LogP contribution in [-0.4, -0.2) is 20.1 Å². The Morgan fingerprint density at radius 2 is 1.68 bits per heavy atom. The van der Waals surface area contributed by atoms with Crippen LogP contribution in [0.4, 0.5) is 5.69 Å². The van der Waals surface area contributed by atoms with Crippen LogP contribution in [-0.2, 0) is 0 Å². The molecule has 0 unspecified atom stereocenters. The van der Waals surface area contributed by atoms with Crippen LogP contribution in [0.1, 0.15) is 10.6 Å². The fourth-order valence-corrected chi connectivity index (χ4v) is 2.60. The van der Waals surface area contributed by atoms with E-state index in [4.69, 9.17) is 13.9 Å². The number of amides is 1. The quantitative estimate of drug-likeness (QED) is 0.654. The van der Waals surface area contributed by atoms with Crippen molar-refractivity contribution in [1.82, 2.24) is 0 Å². The SMILES string of the molecule is COc1ccc(NC(=O)c2ccc(-c3ccc(Br)cc3)o2)cc1OC. The number of anilines is 1. The van der Waals surface area contributed by atoms with Crippen LogP contribution in [0.15, 0.2) is 63.5 Å². The highest BCUT2D eigenvalue weighted by molar-refractivity contribution is 9.10. The molecule has 0 aliphatic rings. The second-order valence-corrected chi connectivity index (χ2v) is 6.11. The lowest BCUT2D eigenvalue weighted by molar-refractivity contribution is 0.0997. The molecule has 3 rings (SSSR count). The van der Waals surface area contributed by atoms with Crippen LogP contribution < -0.4 is 14.8 Å². The molecule has 1 amide bonds. The van der Waals surface area contributed by atoms with Crippen molar-refractivity contribution in [3.05, 3.63) is 64.8 Å². The third-order valence-corrected chi connectivity index (χ3v) is 4.13. The van der Waals surface area contributed by atoms with Gasteiger partial charge in [-0.15, -0.1) is 0 Å². The molecule has 0 spiro atoms. The molecule has 0 atom stereocenters. The molecule has 0 saturated heterocycles. The van der Waals surface area contributed by atoms with Crippen molar-refractivity contribution >= 4 is 27.5 Å². The summed E-state index contributed by atoms with van der Waals surface area (Å²) >= 11 is 3.39. The maximum absolute atomic E-state index is 12.4. The average molecular weight is 402 g/mol. The largest absolute Gasteiger partial charge is 0.493 e. The van der Waals surface area contributed by atoms with Crippen LogP contribution >= 0.6 is 15.9 Å². The Balaban J connectivity index is 1.77. The average Bonchev–Trinajstić information content (AvgIpc) is 3.12. The summed E-state index contributed by atoms with van der Waals surface area (Å²) in [6, 6.07) is 16.2. The predicted octanol–water partition coefficient (Wildman–Crippen LogP) is 4.98. The highest BCUT2D eigenvalue weighted by Crippen LogP contribution is 2.30. The monoisotopic (exact) mass is 401 g/mol. The lowest BCUT2D eigenvalue weighted by Crippen LogP contribution is -2.10.